The Kier molecular flexibility index (Phi) is 5.82. The minimum absolute atomic E-state index is 0. The maximum absolute atomic E-state index is 14.2. The quantitative estimate of drug-likeness (QED) is 0.659. The van der Waals surface area contributed by atoms with Crippen molar-refractivity contribution >= 4 is 23.2 Å². The van der Waals surface area contributed by atoms with Gasteiger partial charge in [-0.25, -0.2) is 4.39 Å². The predicted octanol–water partition coefficient (Wildman–Crippen LogP) is 4.17. The van der Waals surface area contributed by atoms with Crippen LogP contribution in [0.1, 0.15) is 18.4 Å². The summed E-state index contributed by atoms with van der Waals surface area (Å²) >= 11 is 0. The number of ether oxygens (including phenoxy) is 1. The van der Waals surface area contributed by atoms with E-state index in [-0.39, 0.29) is 36.1 Å². The van der Waals surface area contributed by atoms with E-state index in [1.807, 2.05) is 0 Å². The fraction of sp³-hybridized carbons (Fsp3) is 0.263. The highest BCUT2D eigenvalue weighted by Crippen LogP contribution is 2.28. The number of pyridine rings is 2. The highest BCUT2D eigenvalue weighted by molar-refractivity contribution is 5.85. The van der Waals surface area contributed by atoms with E-state index in [1.54, 1.807) is 24.5 Å². The molecule has 142 valence electrons. The Bertz CT molecular complexity index is 957. The van der Waals surface area contributed by atoms with Crippen molar-refractivity contribution in [3.63, 3.8) is 0 Å². The molecule has 0 radical (unpaired) electrons. The van der Waals surface area contributed by atoms with Crippen molar-refractivity contribution < 1.29 is 17.9 Å². The number of rotatable bonds is 5. The molecule has 0 saturated heterocycles. The first-order valence-electron chi connectivity index (χ1n) is 8.35. The molecule has 4 nitrogen and oxygen atoms in total. The van der Waals surface area contributed by atoms with Crippen LogP contribution in [0.4, 0.5) is 13.2 Å². The summed E-state index contributed by atoms with van der Waals surface area (Å²) in [4.78, 5) is 7.16. The molecule has 0 unspecified atom stereocenters. The van der Waals surface area contributed by atoms with E-state index in [4.69, 9.17) is 4.74 Å². The smallest absolute Gasteiger partial charge is 0.257 e. The van der Waals surface area contributed by atoms with Gasteiger partial charge in [-0.3, -0.25) is 4.98 Å². The van der Waals surface area contributed by atoms with Crippen molar-refractivity contribution in [2.75, 3.05) is 0 Å². The SMILES string of the molecule is Cl.Fc1ccc(O[C@@H]2CC[C@H]2NCc2c(F)ccc3cnccc23)c(F)n1. The van der Waals surface area contributed by atoms with Crippen molar-refractivity contribution in [3.8, 4) is 5.75 Å². The van der Waals surface area contributed by atoms with Gasteiger partial charge in [-0.2, -0.15) is 13.8 Å². The van der Waals surface area contributed by atoms with E-state index >= 15 is 0 Å². The van der Waals surface area contributed by atoms with Crippen LogP contribution >= 0.6 is 12.4 Å². The fourth-order valence-corrected chi connectivity index (χ4v) is 3.11. The van der Waals surface area contributed by atoms with Crippen LogP contribution in [0.3, 0.4) is 0 Å². The molecule has 0 amide bonds. The summed E-state index contributed by atoms with van der Waals surface area (Å²) in [5.41, 5.74) is 0.560. The zero-order valence-corrected chi connectivity index (χ0v) is 15.0. The fourth-order valence-electron chi connectivity index (χ4n) is 3.11. The maximum Gasteiger partial charge on any atom is 0.257 e. The van der Waals surface area contributed by atoms with Gasteiger partial charge in [0, 0.05) is 35.9 Å². The molecule has 1 saturated carbocycles. The summed E-state index contributed by atoms with van der Waals surface area (Å²) in [6.45, 7) is 0.321. The van der Waals surface area contributed by atoms with Gasteiger partial charge in [0.25, 0.3) is 5.95 Å². The van der Waals surface area contributed by atoms with Crippen molar-refractivity contribution in [2.24, 2.45) is 0 Å². The summed E-state index contributed by atoms with van der Waals surface area (Å²) in [5.74, 6) is -2.23. The molecule has 2 atom stereocenters. The van der Waals surface area contributed by atoms with Crippen molar-refractivity contribution in [2.45, 2.75) is 31.5 Å². The topological polar surface area (TPSA) is 47.0 Å². The average molecular weight is 396 g/mol. The summed E-state index contributed by atoms with van der Waals surface area (Å²) in [7, 11) is 0. The lowest BCUT2D eigenvalue weighted by molar-refractivity contribution is 0.0668. The van der Waals surface area contributed by atoms with Crippen molar-refractivity contribution in [1.82, 2.24) is 15.3 Å². The van der Waals surface area contributed by atoms with Crippen molar-refractivity contribution in [3.05, 3.63) is 66.0 Å². The third-order valence-electron chi connectivity index (χ3n) is 4.69. The third kappa shape index (κ3) is 3.99. The van der Waals surface area contributed by atoms with Gasteiger partial charge in [-0.1, -0.05) is 0 Å². The van der Waals surface area contributed by atoms with Gasteiger partial charge < -0.3 is 10.1 Å². The van der Waals surface area contributed by atoms with Crippen LogP contribution in [-0.4, -0.2) is 22.1 Å². The van der Waals surface area contributed by atoms with Crippen LogP contribution in [0.15, 0.2) is 42.7 Å². The number of aromatic nitrogens is 2. The Hall–Kier alpha value is -2.38. The molecule has 2 heterocycles. The molecule has 1 N–H and O–H groups in total. The van der Waals surface area contributed by atoms with Crippen LogP contribution in [-0.2, 0) is 6.54 Å². The molecular weight excluding hydrogens is 379 g/mol. The number of benzene rings is 1. The molecular formula is C19H17ClF3N3O. The third-order valence-corrected chi connectivity index (χ3v) is 4.69. The second kappa shape index (κ2) is 8.10. The largest absolute Gasteiger partial charge is 0.484 e. The molecule has 1 aromatic carbocycles. The molecule has 0 aliphatic heterocycles. The summed E-state index contributed by atoms with van der Waals surface area (Å²) in [5, 5.41) is 4.94. The Morgan fingerprint density at radius 3 is 2.67 bits per heavy atom. The normalized spacial score (nSPS) is 18.6. The Labute approximate surface area is 160 Å². The van der Waals surface area contributed by atoms with E-state index in [2.05, 4.69) is 15.3 Å². The van der Waals surface area contributed by atoms with E-state index in [0.29, 0.717) is 12.1 Å². The first kappa shape index (κ1) is 19.4. The van der Waals surface area contributed by atoms with Crippen LogP contribution in [0.25, 0.3) is 10.8 Å². The minimum Gasteiger partial charge on any atom is -0.484 e. The van der Waals surface area contributed by atoms with Gasteiger partial charge in [-0.05, 0) is 48.6 Å². The van der Waals surface area contributed by atoms with Crippen LogP contribution in [0.2, 0.25) is 0 Å². The van der Waals surface area contributed by atoms with Gasteiger partial charge in [0.15, 0.2) is 5.75 Å². The minimum atomic E-state index is -0.969. The lowest BCUT2D eigenvalue weighted by atomic mass is 9.88. The van der Waals surface area contributed by atoms with E-state index in [0.717, 1.165) is 29.7 Å². The monoisotopic (exact) mass is 395 g/mol. The molecule has 1 aliphatic carbocycles. The molecule has 1 aliphatic rings. The molecule has 8 heteroatoms. The van der Waals surface area contributed by atoms with Crippen LogP contribution < -0.4 is 10.1 Å². The summed E-state index contributed by atoms with van der Waals surface area (Å²) in [6, 6.07) is 7.14. The van der Waals surface area contributed by atoms with Crippen LogP contribution in [0, 0.1) is 17.7 Å². The Morgan fingerprint density at radius 2 is 1.93 bits per heavy atom. The molecule has 0 bridgehead atoms. The molecule has 1 fully saturated rings. The number of nitrogens with one attached hydrogen (secondary N) is 1. The van der Waals surface area contributed by atoms with E-state index in [9.17, 15) is 13.2 Å². The number of halogens is 4. The molecule has 0 spiro atoms. The lowest BCUT2D eigenvalue weighted by Crippen LogP contribution is -2.50. The second-order valence-electron chi connectivity index (χ2n) is 6.27. The summed E-state index contributed by atoms with van der Waals surface area (Å²) < 4.78 is 46.3. The Morgan fingerprint density at radius 1 is 1.07 bits per heavy atom. The Balaban J connectivity index is 0.00000210. The zero-order valence-electron chi connectivity index (χ0n) is 14.2. The number of nitrogens with zero attached hydrogens (tertiary/aromatic N) is 2. The average Bonchev–Trinajstić information content (AvgIpc) is 2.62. The predicted molar refractivity (Wildman–Crippen MR) is 97.4 cm³/mol. The number of hydrogen-bond donors (Lipinski definition) is 1. The lowest BCUT2D eigenvalue weighted by Gasteiger charge is -2.37. The van der Waals surface area contributed by atoms with Crippen LogP contribution in [0.5, 0.6) is 5.75 Å². The van der Waals surface area contributed by atoms with Gasteiger partial charge in [0.05, 0.1) is 0 Å². The number of fused-ring (bicyclic) bond motifs is 1. The van der Waals surface area contributed by atoms with E-state index < -0.39 is 11.9 Å². The zero-order chi connectivity index (χ0) is 18.1. The van der Waals surface area contributed by atoms with Gasteiger partial charge in [0.2, 0.25) is 5.95 Å². The van der Waals surface area contributed by atoms with Crippen molar-refractivity contribution in [1.29, 1.82) is 0 Å². The highest BCUT2D eigenvalue weighted by Gasteiger charge is 2.33. The van der Waals surface area contributed by atoms with Gasteiger partial charge in [-0.15, -0.1) is 12.4 Å². The number of hydrogen-bond acceptors (Lipinski definition) is 4. The maximum atomic E-state index is 14.2. The summed E-state index contributed by atoms with van der Waals surface area (Å²) in [6.07, 6.45) is 4.62. The first-order chi connectivity index (χ1) is 12.6. The molecule has 2 aromatic heterocycles. The standard InChI is InChI=1S/C19H16F3N3O.ClH/c20-14-2-1-11-9-23-8-7-12(11)13(14)10-24-15-3-4-16(15)26-17-5-6-18(21)25-19(17)22;/h1-2,5-9,15-16,24H,3-4,10H2;1H/t15-,16-;/m1./s1. The van der Waals surface area contributed by atoms with Gasteiger partial charge >= 0.3 is 0 Å². The van der Waals surface area contributed by atoms with E-state index in [1.165, 1.54) is 12.1 Å². The first-order valence-corrected chi connectivity index (χ1v) is 8.35. The highest BCUT2D eigenvalue weighted by atomic mass is 35.5. The second-order valence-corrected chi connectivity index (χ2v) is 6.27. The molecule has 27 heavy (non-hydrogen) atoms. The van der Waals surface area contributed by atoms with Gasteiger partial charge in [0.1, 0.15) is 11.9 Å². The molecule has 3 aromatic rings. The molecule has 4 rings (SSSR count).